The molecular formula is C14H23N3O3S. The number of ether oxygens (including phenoxy) is 1. The van der Waals surface area contributed by atoms with Gasteiger partial charge in [-0.2, -0.15) is 0 Å². The van der Waals surface area contributed by atoms with E-state index in [0.717, 1.165) is 0 Å². The molecule has 1 heterocycles. The number of esters is 1. The molecule has 0 aliphatic rings. The van der Waals surface area contributed by atoms with E-state index in [4.69, 9.17) is 4.74 Å². The van der Waals surface area contributed by atoms with Crippen LogP contribution in [0, 0.1) is 6.92 Å². The van der Waals surface area contributed by atoms with E-state index >= 15 is 0 Å². The SMILES string of the molecule is CCOC(=O)C(C)(CC(C)Sc1nc(C)cc(=O)[nH]1)NC. The molecule has 0 saturated carbocycles. The highest BCUT2D eigenvalue weighted by atomic mass is 32.2. The van der Waals surface area contributed by atoms with Crippen LogP contribution in [-0.4, -0.2) is 40.4 Å². The number of aromatic amines is 1. The molecule has 1 aromatic rings. The van der Waals surface area contributed by atoms with E-state index in [-0.39, 0.29) is 16.8 Å². The number of hydrogen-bond acceptors (Lipinski definition) is 6. The van der Waals surface area contributed by atoms with Gasteiger partial charge < -0.3 is 15.0 Å². The number of nitrogens with one attached hydrogen (secondary N) is 2. The maximum atomic E-state index is 12.0. The Labute approximate surface area is 129 Å². The van der Waals surface area contributed by atoms with Crippen molar-refractivity contribution in [1.29, 1.82) is 0 Å². The number of aryl methyl sites for hydroxylation is 1. The second-order valence-corrected chi connectivity index (χ2v) is 6.55. The first-order valence-corrected chi connectivity index (χ1v) is 7.79. The first kappa shape index (κ1) is 17.7. The van der Waals surface area contributed by atoms with Crippen LogP contribution in [0.5, 0.6) is 0 Å². The Bertz CT molecular complexity index is 547. The number of nitrogens with zero attached hydrogens (tertiary/aromatic N) is 1. The van der Waals surface area contributed by atoms with Crippen LogP contribution in [0.1, 0.15) is 32.9 Å². The molecule has 6 nitrogen and oxygen atoms in total. The largest absolute Gasteiger partial charge is 0.465 e. The van der Waals surface area contributed by atoms with Gasteiger partial charge in [0, 0.05) is 17.0 Å². The van der Waals surface area contributed by atoms with Gasteiger partial charge in [0.2, 0.25) is 0 Å². The first-order valence-electron chi connectivity index (χ1n) is 6.91. The zero-order valence-corrected chi connectivity index (χ0v) is 14.0. The summed E-state index contributed by atoms with van der Waals surface area (Å²) in [5, 5.41) is 3.67. The standard InChI is InChI=1S/C14H23N3O3S/c1-6-20-12(19)14(4,15-5)8-10(3)21-13-16-9(2)7-11(18)17-13/h7,10,15H,6,8H2,1-5H3,(H,16,17,18). The number of aromatic nitrogens is 2. The Morgan fingerprint density at radius 2 is 2.29 bits per heavy atom. The smallest absolute Gasteiger partial charge is 0.326 e. The molecule has 1 aromatic heterocycles. The number of likely N-dealkylation sites (N-methyl/N-ethyl adjacent to an activating group) is 1. The summed E-state index contributed by atoms with van der Waals surface area (Å²) in [5.41, 5.74) is -0.249. The summed E-state index contributed by atoms with van der Waals surface area (Å²) in [7, 11) is 1.74. The van der Waals surface area contributed by atoms with E-state index in [1.54, 1.807) is 20.9 Å². The summed E-state index contributed by atoms with van der Waals surface area (Å²) in [6, 6.07) is 1.45. The lowest BCUT2D eigenvalue weighted by atomic mass is 9.96. The third kappa shape index (κ3) is 5.17. The Balaban J connectivity index is 2.76. The number of carbonyl (C=O) groups excluding carboxylic acids is 1. The predicted molar refractivity (Wildman–Crippen MR) is 83.6 cm³/mol. The molecule has 0 bridgehead atoms. The van der Waals surface area contributed by atoms with Crippen LogP contribution in [0.3, 0.4) is 0 Å². The summed E-state index contributed by atoms with van der Waals surface area (Å²) in [4.78, 5) is 30.4. The van der Waals surface area contributed by atoms with Gasteiger partial charge in [-0.1, -0.05) is 18.7 Å². The Kier molecular flexibility index (Phi) is 6.42. The van der Waals surface area contributed by atoms with Crippen molar-refractivity contribution >= 4 is 17.7 Å². The van der Waals surface area contributed by atoms with Gasteiger partial charge in [0.15, 0.2) is 5.16 Å². The van der Waals surface area contributed by atoms with Crippen molar-refractivity contribution in [2.45, 2.75) is 50.1 Å². The minimum Gasteiger partial charge on any atom is -0.465 e. The van der Waals surface area contributed by atoms with Crippen LogP contribution in [0.15, 0.2) is 16.0 Å². The molecule has 0 aromatic carbocycles. The molecular weight excluding hydrogens is 290 g/mol. The molecule has 0 radical (unpaired) electrons. The van der Waals surface area contributed by atoms with Crippen LogP contribution in [0.4, 0.5) is 0 Å². The normalized spacial score (nSPS) is 15.3. The van der Waals surface area contributed by atoms with Gasteiger partial charge in [0.25, 0.3) is 5.56 Å². The average molecular weight is 313 g/mol. The van der Waals surface area contributed by atoms with Gasteiger partial charge in [-0.3, -0.25) is 9.59 Å². The quantitative estimate of drug-likeness (QED) is 0.451. The minimum absolute atomic E-state index is 0.0804. The lowest BCUT2D eigenvalue weighted by molar-refractivity contribution is -0.150. The highest BCUT2D eigenvalue weighted by Gasteiger charge is 2.35. The molecule has 2 atom stereocenters. The van der Waals surface area contributed by atoms with Gasteiger partial charge in [0.05, 0.1) is 6.61 Å². The molecule has 2 unspecified atom stereocenters. The van der Waals surface area contributed by atoms with E-state index < -0.39 is 5.54 Å². The first-order chi connectivity index (χ1) is 9.80. The number of hydrogen-bond donors (Lipinski definition) is 2. The van der Waals surface area contributed by atoms with Crippen molar-refractivity contribution in [2.75, 3.05) is 13.7 Å². The molecule has 21 heavy (non-hydrogen) atoms. The van der Waals surface area contributed by atoms with Crippen LogP contribution < -0.4 is 10.9 Å². The third-order valence-corrected chi connectivity index (χ3v) is 4.12. The molecule has 0 aliphatic carbocycles. The summed E-state index contributed by atoms with van der Waals surface area (Å²) in [5.74, 6) is -0.273. The summed E-state index contributed by atoms with van der Waals surface area (Å²) in [6.45, 7) is 7.72. The van der Waals surface area contributed by atoms with Crippen LogP contribution in [-0.2, 0) is 9.53 Å². The Morgan fingerprint density at radius 1 is 1.62 bits per heavy atom. The molecule has 0 amide bonds. The van der Waals surface area contributed by atoms with Crippen LogP contribution >= 0.6 is 11.8 Å². The number of rotatable bonds is 7. The van der Waals surface area contributed by atoms with Crippen molar-refractivity contribution in [3.8, 4) is 0 Å². The average Bonchev–Trinajstić information content (AvgIpc) is 2.37. The van der Waals surface area contributed by atoms with Crippen LogP contribution in [0.25, 0.3) is 0 Å². The second kappa shape index (κ2) is 7.61. The van der Waals surface area contributed by atoms with Crippen molar-refractivity contribution in [2.24, 2.45) is 0 Å². The molecule has 7 heteroatoms. The molecule has 0 fully saturated rings. The Hall–Kier alpha value is -1.34. The molecule has 0 spiro atoms. The molecule has 2 N–H and O–H groups in total. The topological polar surface area (TPSA) is 84.1 Å². The van der Waals surface area contributed by atoms with Crippen molar-refractivity contribution in [3.05, 3.63) is 22.1 Å². The lowest BCUT2D eigenvalue weighted by Crippen LogP contribution is -2.50. The van der Waals surface area contributed by atoms with Crippen molar-refractivity contribution in [3.63, 3.8) is 0 Å². The fraction of sp³-hybridized carbons (Fsp3) is 0.643. The van der Waals surface area contributed by atoms with Gasteiger partial charge in [-0.15, -0.1) is 0 Å². The number of carbonyl (C=O) groups is 1. The molecule has 118 valence electrons. The lowest BCUT2D eigenvalue weighted by Gasteiger charge is -2.29. The monoisotopic (exact) mass is 313 g/mol. The van der Waals surface area contributed by atoms with E-state index in [0.29, 0.717) is 23.9 Å². The summed E-state index contributed by atoms with van der Waals surface area (Å²) in [6.07, 6.45) is 0.560. The van der Waals surface area contributed by atoms with Crippen molar-refractivity contribution in [1.82, 2.24) is 15.3 Å². The van der Waals surface area contributed by atoms with E-state index in [1.807, 2.05) is 13.8 Å². The number of H-pyrrole nitrogens is 1. The van der Waals surface area contributed by atoms with Gasteiger partial charge in [-0.25, -0.2) is 4.98 Å². The highest BCUT2D eigenvalue weighted by Crippen LogP contribution is 2.26. The van der Waals surface area contributed by atoms with Gasteiger partial charge in [-0.05, 0) is 34.2 Å². The van der Waals surface area contributed by atoms with E-state index in [1.165, 1.54) is 17.8 Å². The Morgan fingerprint density at radius 3 is 2.81 bits per heavy atom. The third-order valence-electron chi connectivity index (χ3n) is 3.13. The maximum absolute atomic E-state index is 12.0. The molecule has 1 rings (SSSR count). The fourth-order valence-electron chi connectivity index (χ4n) is 1.99. The number of thioether (sulfide) groups is 1. The minimum atomic E-state index is -0.757. The zero-order valence-electron chi connectivity index (χ0n) is 13.1. The molecule has 0 aliphatic heterocycles. The zero-order chi connectivity index (χ0) is 16.0. The van der Waals surface area contributed by atoms with Crippen LogP contribution in [0.2, 0.25) is 0 Å². The fourth-order valence-corrected chi connectivity index (χ4v) is 3.15. The van der Waals surface area contributed by atoms with Gasteiger partial charge in [0.1, 0.15) is 5.54 Å². The second-order valence-electron chi connectivity index (χ2n) is 5.13. The predicted octanol–water partition coefficient (Wildman–Crippen LogP) is 1.49. The summed E-state index contributed by atoms with van der Waals surface area (Å²) >= 11 is 1.44. The van der Waals surface area contributed by atoms with Gasteiger partial charge >= 0.3 is 5.97 Å². The molecule has 0 saturated heterocycles. The maximum Gasteiger partial charge on any atom is 0.326 e. The summed E-state index contributed by atoms with van der Waals surface area (Å²) < 4.78 is 5.10. The van der Waals surface area contributed by atoms with Crippen molar-refractivity contribution < 1.29 is 9.53 Å². The van der Waals surface area contributed by atoms with E-state index in [2.05, 4.69) is 15.3 Å². The van der Waals surface area contributed by atoms with E-state index in [9.17, 15) is 9.59 Å². The highest BCUT2D eigenvalue weighted by molar-refractivity contribution is 7.99.